The summed E-state index contributed by atoms with van der Waals surface area (Å²) >= 11 is 12.2. The molecule has 1 aliphatic carbocycles. The molecule has 2 fully saturated rings. The minimum Gasteiger partial charge on any atom is -0.369 e. The van der Waals surface area contributed by atoms with Crippen molar-refractivity contribution in [3.8, 4) is 0 Å². The predicted molar refractivity (Wildman–Crippen MR) is 144 cm³/mol. The number of imidazole rings is 1. The monoisotopic (exact) mass is 562 g/mol. The van der Waals surface area contributed by atoms with E-state index in [0.717, 1.165) is 12.8 Å². The Kier molecular flexibility index (Phi) is 7.58. The van der Waals surface area contributed by atoms with Crippen molar-refractivity contribution >= 4 is 63.8 Å². The number of fused-ring (bicyclic) bond motifs is 1. The molecular formula is C25H29Cl2FN8O2. The van der Waals surface area contributed by atoms with Crippen LogP contribution in [0.2, 0.25) is 10.0 Å². The summed E-state index contributed by atoms with van der Waals surface area (Å²) in [6, 6.07) is 2.72. The Morgan fingerprint density at radius 2 is 1.79 bits per heavy atom. The van der Waals surface area contributed by atoms with Crippen LogP contribution in [0.5, 0.6) is 0 Å². The van der Waals surface area contributed by atoms with Crippen molar-refractivity contribution in [2.24, 2.45) is 11.7 Å². The zero-order valence-corrected chi connectivity index (χ0v) is 22.4. The van der Waals surface area contributed by atoms with E-state index in [1.54, 1.807) is 13.1 Å². The van der Waals surface area contributed by atoms with E-state index in [0.29, 0.717) is 61.8 Å². The van der Waals surface area contributed by atoms with Gasteiger partial charge >= 0.3 is 0 Å². The second-order valence-corrected chi connectivity index (χ2v) is 10.8. The average molecular weight is 563 g/mol. The van der Waals surface area contributed by atoms with Crippen LogP contribution in [0, 0.1) is 11.7 Å². The van der Waals surface area contributed by atoms with Gasteiger partial charge in [0.15, 0.2) is 5.65 Å². The van der Waals surface area contributed by atoms with Crippen LogP contribution in [0.15, 0.2) is 18.3 Å². The van der Waals surface area contributed by atoms with Crippen LogP contribution >= 0.6 is 23.2 Å². The number of piperidine rings is 1. The number of amides is 2. The van der Waals surface area contributed by atoms with Gasteiger partial charge in [0.1, 0.15) is 11.3 Å². The van der Waals surface area contributed by atoms with E-state index >= 15 is 0 Å². The van der Waals surface area contributed by atoms with Crippen LogP contribution in [0.4, 0.5) is 22.0 Å². The van der Waals surface area contributed by atoms with Gasteiger partial charge < -0.3 is 21.3 Å². The van der Waals surface area contributed by atoms with E-state index < -0.39 is 5.82 Å². The van der Waals surface area contributed by atoms with Gasteiger partial charge in [-0.2, -0.15) is 4.98 Å². The molecule has 1 saturated heterocycles. The molecule has 0 bridgehead atoms. The van der Waals surface area contributed by atoms with Crippen LogP contribution in [0.3, 0.4) is 0 Å². The molecule has 0 spiro atoms. The topological polar surface area (TPSA) is 131 Å². The lowest BCUT2D eigenvalue weighted by molar-refractivity contribution is -0.129. The van der Waals surface area contributed by atoms with Crippen molar-refractivity contribution in [3.05, 3.63) is 34.2 Å². The molecule has 1 aliphatic heterocycles. The van der Waals surface area contributed by atoms with Crippen LogP contribution < -0.4 is 16.4 Å². The number of primary amides is 1. The molecule has 2 aliphatic rings. The van der Waals surface area contributed by atoms with E-state index in [2.05, 4.69) is 20.6 Å². The van der Waals surface area contributed by atoms with Crippen molar-refractivity contribution in [2.45, 2.75) is 57.5 Å². The largest absolute Gasteiger partial charge is 0.369 e. The summed E-state index contributed by atoms with van der Waals surface area (Å²) < 4.78 is 16.7. The fourth-order valence-electron chi connectivity index (χ4n) is 5.31. The molecule has 1 saturated carbocycles. The highest BCUT2D eigenvalue weighted by Gasteiger charge is 2.30. The first kappa shape index (κ1) is 26.4. The highest BCUT2D eigenvalue weighted by molar-refractivity contribution is 6.36. The van der Waals surface area contributed by atoms with E-state index in [-0.39, 0.29) is 45.5 Å². The van der Waals surface area contributed by atoms with E-state index in [1.807, 2.05) is 9.47 Å². The molecule has 1 aromatic carbocycles. The number of nitrogens with two attached hydrogens (primary N) is 1. The molecular weight excluding hydrogens is 534 g/mol. The van der Waals surface area contributed by atoms with Gasteiger partial charge in [0.05, 0.1) is 16.9 Å². The number of carbonyl (C=O) groups excluding carboxylic acids is 2. The first-order valence-corrected chi connectivity index (χ1v) is 13.4. The molecule has 2 aromatic heterocycles. The van der Waals surface area contributed by atoms with Gasteiger partial charge in [0.2, 0.25) is 23.7 Å². The van der Waals surface area contributed by atoms with Crippen molar-refractivity contribution in [3.63, 3.8) is 0 Å². The zero-order chi connectivity index (χ0) is 27.0. The number of aromatic nitrogens is 4. The lowest BCUT2D eigenvalue weighted by Crippen LogP contribution is -2.41. The number of hydrogen-bond acceptors (Lipinski definition) is 7. The Morgan fingerprint density at radius 1 is 1.08 bits per heavy atom. The highest BCUT2D eigenvalue weighted by Crippen LogP contribution is 2.38. The van der Waals surface area contributed by atoms with Gasteiger partial charge in [-0.1, -0.05) is 23.2 Å². The van der Waals surface area contributed by atoms with Crippen molar-refractivity contribution in [1.29, 1.82) is 0 Å². The Bertz CT molecular complexity index is 1340. The third-order valence-corrected chi connectivity index (χ3v) is 7.93. The number of nitrogens with zero attached hydrogens (tertiary/aromatic N) is 5. The Balaban J connectivity index is 1.47. The van der Waals surface area contributed by atoms with Gasteiger partial charge in [-0.15, -0.1) is 0 Å². The van der Waals surface area contributed by atoms with E-state index in [1.165, 1.54) is 12.1 Å². The summed E-state index contributed by atoms with van der Waals surface area (Å²) in [6.45, 7) is 2.94. The van der Waals surface area contributed by atoms with Gasteiger partial charge in [-0.3, -0.25) is 14.2 Å². The fraction of sp³-hybridized carbons (Fsp3) is 0.480. The van der Waals surface area contributed by atoms with Gasteiger partial charge in [0, 0.05) is 43.0 Å². The van der Waals surface area contributed by atoms with Gasteiger partial charge in [-0.25, -0.2) is 14.4 Å². The normalized spacial score (nSPS) is 20.5. The van der Waals surface area contributed by atoms with Crippen LogP contribution in [0.25, 0.3) is 11.2 Å². The highest BCUT2D eigenvalue weighted by atomic mass is 35.5. The SMILES string of the molecule is CC(=O)N1CCC(Nc2ncc3nc(Nc4c(F)cc(Cl)cc4Cl)n([C@H]4CC[C@@H](C(N)=O)CC4)c3n2)CC1. The molecule has 5 rings (SSSR count). The lowest BCUT2D eigenvalue weighted by Gasteiger charge is -2.31. The van der Waals surface area contributed by atoms with E-state index in [4.69, 9.17) is 33.9 Å². The molecule has 3 heterocycles. The fourth-order valence-corrected chi connectivity index (χ4v) is 5.82. The predicted octanol–water partition coefficient (Wildman–Crippen LogP) is 4.66. The number of halogens is 3. The quantitative estimate of drug-likeness (QED) is 0.398. The minimum atomic E-state index is -0.608. The van der Waals surface area contributed by atoms with Gasteiger partial charge in [-0.05, 0) is 50.7 Å². The molecule has 3 aromatic rings. The van der Waals surface area contributed by atoms with Crippen molar-refractivity contribution < 1.29 is 14.0 Å². The molecule has 0 radical (unpaired) electrons. The molecule has 202 valence electrons. The number of benzene rings is 1. The molecule has 4 N–H and O–H groups in total. The van der Waals surface area contributed by atoms with Crippen LogP contribution in [-0.2, 0) is 9.59 Å². The Hall–Kier alpha value is -3.18. The number of likely N-dealkylation sites (tertiary alicyclic amines) is 1. The zero-order valence-electron chi connectivity index (χ0n) is 20.9. The molecule has 38 heavy (non-hydrogen) atoms. The van der Waals surface area contributed by atoms with Gasteiger partial charge in [0.25, 0.3) is 0 Å². The lowest BCUT2D eigenvalue weighted by atomic mass is 9.85. The van der Waals surface area contributed by atoms with Crippen LogP contribution in [-0.4, -0.2) is 55.4 Å². The number of carbonyl (C=O) groups is 2. The summed E-state index contributed by atoms with van der Waals surface area (Å²) in [5.74, 6) is -0.178. The third-order valence-electron chi connectivity index (χ3n) is 7.41. The molecule has 2 amide bonds. The first-order valence-electron chi connectivity index (χ1n) is 12.7. The summed E-state index contributed by atoms with van der Waals surface area (Å²) in [4.78, 5) is 39.1. The minimum absolute atomic E-state index is 0.0474. The summed E-state index contributed by atoms with van der Waals surface area (Å²) in [6.07, 6.45) is 5.85. The smallest absolute Gasteiger partial charge is 0.224 e. The first-order chi connectivity index (χ1) is 18.2. The molecule has 0 unspecified atom stereocenters. The Labute approximate surface area is 229 Å². The molecule has 10 nitrogen and oxygen atoms in total. The average Bonchev–Trinajstić information content (AvgIpc) is 3.24. The van der Waals surface area contributed by atoms with Crippen molar-refractivity contribution in [1.82, 2.24) is 24.4 Å². The number of hydrogen-bond donors (Lipinski definition) is 3. The molecule has 0 atom stereocenters. The Morgan fingerprint density at radius 3 is 2.42 bits per heavy atom. The summed E-state index contributed by atoms with van der Waals surface area (Å²) in [5, 5.41) is 6.74. The number of anilines is 3. The van der Waals surface area contributed by atoms with Crippen molar-refractivity contribution in [2.75, 3.05) is 23.7 Å². The maximum Gasteiger partial charge on any atom is 0.224 e. The third kappa shape index (κ3) is 5.49. The number of rotatable bonds is 6. The second kappa shape index (κ2) is 10.9. The molecule has 13 heteroatoms. The second-order valence-electron chi connectivity index (χ2n) is 9.91. The van der Waals surface area contributed by atoms with E-state index in [9.17, 15) is 14.0 Å². The number of nitrogens with one attached hydrogen (secondary N) is 2. The maximum absolute atomic E-state index is 14.8. The standard InChI is InChI=1S/C25H29Cl2FN8O2/c1-13(37)35-8-6-16(7-9-35)31-24-30-12-20-23(34-24)36(17-4-2-14(3-5-17)22(29)38)25(32-20)33-21-18(27)10-15(26)11-19(21)28/h10-12,14,16-17H,2-9H2,1H3,(H2,29,38)(H,32,33)(H,30,31,34)/t14-,17+. The maximum atomic E-state index is 14.8. The summed E-state index contributed by atoms with van der Waals surface area (Å²) in [7, 11) is 0. The van der Waals surface area contributed by atoms with Crippen LogP contribution in [0.1, 0.15) is 51.5 Å². The summed E-state index contributed by atoms with van der Waals surface area (Å²) in [5.41, 5.74) is 6.72.